The monoisotopic (exact) mass is 285 g/mol. The molecule has 0 saturated heterocycles. The molecule has 0 aliphatic heterocycles. The fraction of sp³-hybridized carbons (Fsp3) is 0.375. The first-order valence-electron chi connectivity index (χ1n) is 7.24. The summed E-state index contributed by atoms with van der Waals surface area (Å²) < 4.78 is 6.90. The Hall–Kier alpha value is -2.30. The van der Waals surface area contributed by atoms with Crippen LogP contribution in [0.5, 0.6) is 0 Å². The molecule has 21 heavy (non-hydrogen) atoms. The minimum Gasteiger partial charge on any atom is -0.464 e. The van der Waals surface area contributed by atoms with Crippen molar-refractivity contribution < 1.29 is 9.53 Å². The Kier molecular flexibility index (Phi) is 3.90. The molecule has 1 aromatic heterocycles. The van der Waals surface area contributed by atoms with Crippen LogP contribution in [0.25, 0.3) is 0 Å². The third kappa shape index (κ3) is 3.24. The molecule has 110 valence electrons. The van der Waals surface area contributed by atoms with Gasteiger partial charge in [-0.3, -0.25) is 9.48 Å². The Morgan fingerprint density at radius 3 is 3.10 bits per heavy atom. The highest BCUT2D eigenvalue weighted by Gasteiger charge is 2.21. The average Bonchev–Trinajstić information content (AvgIpc) is 2.90. The number of aryl methyl sites for hydroxylation is 1. The number of fused-ring (bicyclic) bond motifs is 1. The number of rotatable bonds is 4. The van der Waals surface area contributed by atoms with Crippen molar-refractivity contribution in [2.45, 2.75) is 31.7 Å². The number of aromatic nitrogens is 2. The summed E-state index contributed by atoms with van der Waals surface area (Å²) in [6, 6.07) is 8.41. The normalized spacial score (nSPS) is 17.2. The van der Waals surface area contributed by atoms with Crippen LogP contribution in [-0.4, -0.2) is 22.4 Å². The first-order valence-corrected chi connectivity index (χ1v) is 7.24. The van der Waals surface area contributed by atoms with Crippen molar-refractivity contribution in [1.82, 2.24) is 9.78 Å². The second-order valence-corrected chi connectivity index (χ2v) is 5.44. The molecule has 5 heteroatoms. The molecule has 2 aromatic rings. The van der Waals surface area contributed by atoms with Gasteiger partial charge in [-0.2, -0.15) is 5.10 Å². The number of nitrogens with zero attached hydrogens (tertiary/aromatic N) is 2. The predicted molar refractivity (Wildman–Crippen MR) is 79.7 cm³/mol. The molecular weight excluding hydrogens is 266 g/mol. The summed E-state index contributed by atoms with van der Waals surface area (Å²) in [5, 5.41) is 3.98. The van der Waals surface area contributed by atoms with Gasteiger partial charge in [-0.1, -0.05) is 24.3 Å². The van der Waals surface area contributed by atoms with Gasteiger partial charge in [0.1, 0.15) is 6.54 Å². The number of benzene rings is 1. The van der Waals surface area contributed by atoms with Gasteiger partial charge in [-0.25, -0.2) is 0 Å². The van der Waals surface area contributed by atoms with Crippen molar-refractivity contribution in [3.63, 3.8) is 0 Å². The van der Waals surface area contributed by atoms with E-state index in [1.165, 1.54) is 22.0 Å². The Bertz CT molecular complexity index is 636. The van der Waals surface area contributed by atoms with E-state index in [0.717, 1.165) is 19.3 Å². The van der Waals surface area contributed by atoms with Crippen LogP contribution in [0.15, 0.2) is 36.7 Å². The maximum Gasteiger partial charge on any atom is 0.327 e. The number of carbonyl (C=O) groups excluding carboxylic acids is 1. The summed E-state index contributed by atoms with van der Waals surface area (Å²) in [6.45, 7) is 0.540. The van der Waals surface area contributed by atoms with E-state index in [9.17, 15) is 4.79 Å². The third-order valence-corrected chi connectivity index (χ3v) is 3.88. The molecule has 1 heterocycles. The molecule has 0 saturated carbocycles. The Morgan fingerprint density at radius 2 is 2.29 bits per heavy atom. The Labute approximate surface area is 123 Å². The van der Waals surface area contributed by atoms with Gasteiger partial charge in [0, 0.05) is 12.1 Å². The molecule has 0 amide bonds. The summed E-state index contributed by atoms with van der Waals surface area (Å²) in [6.07, 6.45) is 6.48. The fourth-order valence-electron chi connectivity index (χ4n) is 2.87. The molecular formula is C16H19N3O2. The number of carbonyl (C=O) groups is 1. The van der Waals surface area contributed by atoms with Crippen molar-refractivity contribution >= 4 is 11.7 Å². The Balaban J connectivity index is 1.57. The summed E-state index contributed by atoms with van der Waals surface area (Å²) >= 11 is 0. The maximum atomic E-state index is 11.9. The lowest BCUT2D eigenvalue weighted by atomic mass is 9.83. The number of esters is 1. The molecule has 1 unspecified atom stereocenters. The average molecular weight is 285 g/mol. The van der Waals surface area contributed by atoms with Crippen molar-refractivity contribution in [2.75, 3.05) is 12.3 Å². The maximum absolute atomic E-state index is 11.9. The van der Waals surface area contributed by atoms with Crippen molar-refractivity contribution in [1.29, 1.82) is 0 Å². The summed E-state index contributed by atoms with van der Waals surface area (Å²) in [5.41, 5.74) is 8.81. The number of ether oxygens (including phenoxy) is 1. The van der Waals surface area contributed by atoms with Crippen molar-refractivity contribution in [3.05, 3.63) is 47.8 Å². The van der Waals surface area contributed by atoms with Crippen LogP contribution in [0.2, 0.25) is 0 Å². The summed E-state index contributed by atoms with van der Waals surface area (Å²) in [7, 11) is 0. The van der Waals surface area contributed by atoms with Crippen LogP contribution in [0.1, 0.15) is 29.9 Å². The molecule has 2 N–H and O–H groups in total. The molecule has 1 atom stereocenters. The van der Waals surface area contributed by atoms with Crippen molar-refractivity contribution in [3.8, 4) is 0 Å². The lowest BCUT2D eigenvalue weighted by molar-refractivity contribution is -0.145. The smallest absolute Gasteiger partial charge is 0.327 e. The summed E-state index contributed by atoms with van der Waals surface area (Å²) in [4.78, 5) is 11.9. The summed E-state index contributed by atoms with van der Waals surface area (Å²) in [5.74, 6) is 0.0303. The number of hydrogen-bond acceptors (Lipinski definition) is 4. The molecule has 0 fully saturated rings. The standard InChI is InChI=1S/C16H19N3O2/c17-14-8-18-19(9-14)10-16(20)21-11-13-6-3-5-12-4-1-2-7-15(12)13/h1-2,4,7-9,13H,3,5-6,10-11,17H2. The quantitative estimate of drug-likeness (QED) is 0.874. The third-order valence-electron chi connectivity index (χ3n) is 3.88. The van der Waals surface area contributed by atoms with E-state index in [1.54, 1.807) is 6.20 Å². The zero-order valence-electron chi connectivity index (χ0n) is 11.9. The number of nitrogen functional groups attached to an aromatic ring is 1. The van der Waals surface area contributed by atoms with Gasteiger partial charge >= 0.3 is 5.97 Å². The molecule has 3 rings (SSSR count). The fourth-order valence-corrected chi connectivity index (χ4v) is 2.87. The van der Waals surface area contributed by atoms with E-state index in [4.69, 9.17) is 10.5 Å². The first kappa shape index (κ1) is 13.7. The topological polar surface area (TPSA) is 70.1 Å². The highest BCUT2D eigenvalue weighted by Crippen LogP contribution is 2.31. The minimum atomic E-state index is -0.277. The largest absolute Gasteiger partial charge is 0.464 e. The van der Waals surface area contributed by atoms with Gasteiger partial charge in [0.15, 0.2) is 0 Å². The van der Waals surface area contributed by atoms with Crippen molar-refractivity contribution in [2.24, 2.45) is 0 Å². The molecule has 1 aliphatic rings. The van der Waals surface area contributed by atoms with Crippen LogP contribution >= 0.6 is 0 Å². The van der Waals surface area contributed by atoms with Gasteiger partial charge < -0.3 is 10.5 Å². The van der Waals surface area contributed by atoms with Gasteiger partial charge in [-0.15, -0.1) is 0 Å². The highest BCUT2D eigenvalue weighted by molar-refractivity contribution is 5.69. The SMILES string of the molecule is Nc1cnn(CC(=O)OCC2CCCc3ccccc32)c1. The number of nitrogens with two attached hydrogens (primary N) is 1. The molecule has 0 bridgehead atoms. The second-order valence-electron chi connectivity index (χ2n) is 5.44. The van der Waals surface area contributed by atoms with Crippen LogP contribution in [0, 0.1) is 0 Å². The minimum absolute atomic E-state index is 0.103. The lowest BCUT2D eigenvalue weighted by Gasteiger charge is -2.25. The van der Waals surface area contributed by atoms with Gasteiger partial charge in [-0.05, 0) is 30.4 Å². The van der Waals surface area contributed by atoms with E-state index in [0.29, 0.717) is 18.2 Å². The van der Waals surface area contributed by atoms with Gasteiger partial charge in [0.05, 0.1) is 18.5 Å². The molecule has 0 spiro atoms. The lowest BCUT2D eigenvalue weighted by Crippen LogP contribution is -2.20. The van der Waals surface area contributed by atoms with E-state index in [2.05, 4.69) is 23.3 Å². The van der Waals surface area contributed by atoms with Crippen LogP contribution < -0.4 is 5.73 Å². The number of hydrogen-bond donors (Lipinski definition) is 1. The molecule has 5 nitrogen and oxygen atoms in total. The molecule has 0 radical (unpaired) electrons. The van der Waals surface area contributed by atoms with Gasteiger partial charge in [0.25, 0.3) is 0 Å². The Morgan fingerprint density at radius 1 is 1.43 bits per heavy atom. The second kappa shape index (κ2) is 5.99. The van der Waals surface area contributed by atoms with Crippen LogP contribution in [0.4, 0.5) is 5.69 Å². The van der Waals surface area contributed by atoms with Crippen LogP contribution in [-0.2, 0) is 22.5 Å². The predicted octanol–water partition coefficient (Wildman–Crippen LogP) is 2.13. The van der Waals surface area contributed by atoms with E-state index >= 15 is 0 Å². The first-order chi connectivity index (χ1) is 10.2. The van der Waals surface area contributed by atoms with Crippen LogP contribution in [0.3, 0.4) is 0 Å². The molecule has 1 aliphatic carbocycles. The zero-order chi connectivity index (χ0) is 14.7. The van der Waals surface area contributed by atoms with E-state index in [1.807, 2.05) is 6.07 Å². The zero-order valence-corrected chi connectivity index (χ0v) is 11.9. The molecule has 1 aromatic carbocycles. The number of anilines is 1. The van der Waals surface area contributed by atoms with E-state index in [-0.39, 0.29) is 12.5 Å². The van der Waals surface area contributed by atoms with Gasteiger partial charge in [0.2, 0.25) is 0 Å². The van der Waals surface area contributed by atoms with E-state index < -0.39 is 0 Å². The highest BCUT2D eigenvalue weighted by atomic mass is 16.5.